The Labute approximate surface area is 219 Å². The zero-order chi connectivity index (χ0) is 27.7. The summed E-state index contributed by atoms with van der Waals surface area (Å²) in [6, 6.07) is 6.30. The van der Waals surface area contributed by atoms with Gasteiger partial charge >= 0.3 is 0 Å². The fourth-order valence-corrected chi connectivity index (χ4v) is 4.62. The summed E-state index contributed by atoms with van der Waals surface area (Å²) in [4.78, 5) is 45.4. The Morgan fingerprint density at radius 2 is 1.76 bits per heavy atom. The van der Waals surface area contributed by atoms with E-state index < -0.39 is 29.0 Å². The van der Waals surface area contributed by atoms with Gasteiger partial charge in [0.25, 0.3) is 0 Å². The number of hydrogen-bond acceptors (Lipinski definition) is 6. The van der Waals surface area contributed by atoms with Gasteiger partial charge in [0.05, 0.1) is 17.8 Å². The van der Waals surface area contributed by atoms with Gasteiger partial charge in [0.1, 0.15) is 6.04 Å². The SMILES string of the molecule is Cc1ncoc1-c1ccc(C(C)CC(=O)C2CC(O)CN2C(=O)C(NC(=O)C(C)(C)C)C(C)(C)C)cc1. The molecule has 2 aromatic rings. The zero-order valence-electron chi connectivity index (χ0n) is 23.3. The molecule has 1 aliphatic heterocycles. The van der Waals surface area contributed by atoms with E-state index in [1.54, 1.807) is 20.8 Å². The molecule has 0 aliphatic carbocycles. The first-order chi connectivity index (χ1) is 17.1. The van der Waals surface area contributed by atoms with Crippen LogP contribution in [0.15, 0.2) is 35.1 Å². The minimum absolute atomic E-state index is 0.0762. The number of Topliss-reactive ketones (excluding diaryl/α,β-unsaturated/α-hetero) is 1. The van der Waals surface area contributed by atoms with E-state index in [4.69, 9.17) is 4.42 Å². The second-order valence-corrected chi connectivity index (χ2v) is 12.4. The Morgan fingerprint density at radius 3 is 2.27 bits per heavy atom. The lowest BCUT2D eigenvalue weighted by molar-refractivity contribution is -0.144. The molecule has 0 radical (unpaired) electrons. The molecule has 0 spiro atoms. The lowest BCUT2D eigenvalue weighted by Crippen LogP contribution is -2.58. The standard InChI is InChI=1S/C29H41N3O5/c1-17(19-9-11-20(12-10-19)24-18(2)30-16-37-24)13-23(34)22-14-21(33)15-32(22)26(35)25(28(3,4)5)31-27(36)29(6,7)8/h9-12,16-17,21-22,25,33H,13-15H2,1-8H3,(H,31,36). The molecular formula is C29H41N3O5. The molecule has 1 aromatic heterocycles. The molecular weight excluding hydrogens is 470 g/mol. The Kier molecular flexibility index (Phi) is 8.32. The predicted octanol–water partition coefficient (Wildman–Crippen LogP) is 4.25. The van der Waals surface area contributed by atoms with Crippen molar-refractivity contribution in [1.29, 1.82) is 0 Å². The number of likely N-dealkylation sites (tertiary alicyclic amines) is 1. The third-order valence-corrected chi connectivity index (χ3v) is 7.00. The summed E-state index contributed by atoms with van der Waals surface area (Å²) in [6.07, 6.45) is 1.07. The van der Waals surface area contributed by atoms with Crippen LogP contribution in [0.3, 0.4) is 0 Å². The molecule has 0 saturated carbocycles. The normalized spacial score (nSPS) is 20.0. The van der Waals surface area contributed by atoms with Crippen LogP contribution in [0.25, 0.3) is 11.3 Å². The van der Waals surface area contributed by atoms with Crippen LogP contribution in [0.4, 0.5) is 0 Å². The molecule has 2 heterocycles. The summed E-state index contributed by atoms with van der Waals surface area (Å²) in [7, 11) is 0. The molecule has 4 atom stereocenters. The maximum absolute atomic E-state index is 13.7. The zero-order valence-corrected chi connectivity index (χ0v) is 23.3. The highest BCUT2D eigenvalue weighted by molar-refractivity contribution is 5.94. The minimum atomic E-state index is -0.815. The number of amides is 2. The summed E-state index contributed by atoms with van der Waals surface area (Å²) in [6.45, 7) is 15.0. The van der Waals surface area contributed by atoms with Crippen molar-refractivity contribution in [3.63, 3.8) is 0 Å². The van der Waals surface area contributed by atoms with Gasteiger partial charge in [0.2, 0.25) is 11.8 Å². The van der Waals surface area contributed by atoms with Gasteiger partial charge in [-0.2, -0.15) is 0 Å². The van der Waals surface area contributed by atoms with Gasteiger partial charge in [0, 0.05) is 30.4 Å². The Bertz CT molecular complexity index is 1120. The largest absolute Gasteiger partial charge is 0.443 e. The maximum atomic E-state index is 13.7. The number of aryl methyl sites for hydroxylation is 1. The van der Waals surface area contributed by atoms with Crippen molar-refractivity contribution in [2.75, 3.05) is 6.54 Å². The van der Waals surface area contributed by atoms with E-state index in [1.165, 1.54) is 11.3 Å². The number of β-amino-alcohol motifs (C(OH)–C–C–N with tert-alkyl or cyclic N) is 1. The Hall–Kier alpha value is -3.00. The Morgan fingerprint density at radius 1 is 1.14 bits per heavy atom. The van der Waals surface area contributed by atoms with Gasteiger partial charge in [-0.15, -0.1) is 0 Å². The van der Waals surface area contributed by atoms with Crippen LogP contribution in [-0.2, 0) is 14.4 Å². The first-order valence-electron chi connectivity index (χ1n) is 12.9. The number of aliphatic hydroxyl groups is 1. The molecule has 1 aliphatic rings. The van der Waals surface area contributed by atoms with Crippen molar-refractivity contribution in [3.05, 3.63) is 41.9 Å². The molecule has 8 heteroatoms. The van der Waals surface area contributed by atoms with Gasteiger partial charge in [0.15, 0.2) is 17.9 Å². The number of carbonyl (C=O) groups excluding carboxylic acids is 3. The quantitative estimate of drug-likeness (QED) is 0.575. The van der Waals surface area contributed by atoms with Crippen LogP contribution >= 0.6 is 0 Å². The molecule has 2 N–H and O–H groups in total. The lowest BCUT2D eigenvalue weighted by Gasteiger charge is -2.36. The van der Waals surface area contributed by atoms with Crippen LogP contribution < -0.4 is 5.32 Å². The minimum Gasteiger partial charge on any atom is -0.443 e. The summed E-state index contributed by atoms with van der Waals surface area (Å²) in [5, 5.41) is 13.3. The smallest absolute Gasteiger partial charge is 0.246 e. The van der Waals surface area contributed by atoms with Crippen LogP contribution in [-0.4, -0.2) is 57.3 Å². The van der Waals surface area contributed by atoms with Crippen molar-refractivity contribution < 1.29 is 23.9 Å². The molecule has 202 valence electrons. The van der Waals surface area contributed by atoms with E-state index in [9.17, 15) is 19.5 Å². The van der Waals surface area contributed by atoms with Crippen molar-refractivity contribution >= 4 is 17.6 Å². The molecule has 37 heavy (non-hydrogen) atoms. The van der Waals surface area contributed by atoms with Crippen molar-refractivity contribution in [2.45, 2.75) is 92.3 Å². The van der Waals surface area contributed by atoms with E-state index in [0.29, 0.717) is 0 Å². The summed E-state index contributed by atoms with van der Waals surface area (Å²) in [5.41, 5.74) is 1.48. The van der Waals surface area contributed by atoms with Crippen LogP contribution in [0.1, 0.15) is 78.5 Å². The summed E-state index contributed by atoms with van der Waals surface area (Å²) < 4.78 is 5.46. The van der Waals surface area contributed by atoms with Gasteiger partial charge < -0.3 is 19.7 Å². The molecule has 1 fully saturated rings. The lowest BCUT2D eigenvalue weighted by atomic mass is 9.84. The third kappa shape index (κ3) is 6.66. The van der Waals surface area contributed by atoms with E-state index >= 15 is 0 Å². The number of aromatic nitrogens is 1. The van der Waals surface area contributed by atoms with E-state index in [-0.39, 0.29) is 42.9 Å². The third-order valence-electron chi connectivity index (χ3n) is 7.00. The Balaban J connectivity index is 1.74. The number of oxazole rings is 1. The van der Waals surface area contributed by atoms with E-state index in [2.05, 4.69) is 10.3 Å². The van der Waals surface area contributed by atoms with E-state index in [1.807, 2.05) is 58.9 Å². The topological polar surface area (TPSA) is 113 Å². The molecule has 0 bridgehead atoms. The number of hydrogen-bond donors (Lipinski definition) is 2. The highest BCUT2D eigenvalue weighted by Gasteiger charge is 2.45. The average molecular weight is 512 g/mol. The number of benzene rings is 1. The number of nitrogens with one attached hydrogen (secondary N) is 1. The molecule has 4 unspecified atom stereocenters. The maximum Gasteiger partial charge on any atom is 0.246 e. The number of nitrogens with zero attached hydrogens (tertiary/aromatic N) is 2. The summed E-state index contributed by atoms with van der Waals surface area (Å²) >= 11 is 0. The van der Waals surface area contributed by atoms with Crippen LogP contribution in [0.5, 0.6) is 0 Å². The van der Waals surface area contributed by atoms with Crippen molar-refractivity contribution in [2.24, 2.45) is 10.8 Å². The number of rotatable bonds is 7. The van der Waals surface area contributed by atoms with Gasteiger partial charge in [-0.05, 0) is 23.8 Å². The number of aliphatic hydroxyl groups excluding tert-OH is 1. The van der Waals surface area contributed by atoms with Gasteiger partial charge in [-0.3, -0.25) is 14.4 Å². The second kappa shape index (κ2) is 10.8. The molecule has 8 nitrogen and oxygen atoms in total. The first kappa shape index (κ1) is 28.6. The molecule has 1 aromatic carbocycles. The van der Waals surface area contributed by atoms with Crippen LogP contribution in [0, 0.1) is 17.8 Å². The van der Waals surface area contributed by atoms with Crippen molar-refractivity contribution in [1.82, 2.24) is 15.2 Å². The summed E-state index contributed by atoms with van der Waals surface area (Å²) in [5.74, 6) is -0.0230. The predicted molar refractivity (Wildman–Crippen MR) is 142 cm³/mol. The monoisotopic (exact) mass is 511 g/mol. The highest BCUT2D eigenvalue weighted by atomic mass is 16.3. The molecule has 1 saturated heterocycles. The molecule has 3 rings (SSSR count). The van der Waals surface area contributed by atoms with Gasteiger partial charge in [-0.1, -0.05) is 72.7 Å². The van der Waals surface area contributed by atoms with Crippen molar-refractivity contribution in [3.8, 4) is 11.3 Å². The van der Waals surface area contributed by atoms with Gasteiger partial charge in [-0.25, -0.2) is 4.98 Å². The molecule has 2 amide bonds. The second-order valence-electron chi connectivity index (χ2n) is 12.4. The average Bonchev–Trinajstić information content (AvgIpc) is 3.40. The number of ketones is 1. The van der Waals surface area contributed by atoms with Crippen LogP contribution in [0.2, 0.25) is 0 Å². The fraction of sp³-hybridized carbons (Fsp3) is 0.586. The first-order valence-corrected chi connectivity index (χ1v) is 12.9. The van der Waals surface area contributed by atoms with E-state index in [0.717, 1.165) is 22.6 Å². The fourth-order valence-electron chi connectivity index (χ4n) is 4.62. The highest BCUT2D eigenvalue weighted by Crippen LogP contribution is 2.31. The number of carbonyl (C=O) groups is 3.